The molecule has 2 rings (SSSR count). The smallest absolute Gasteiger partial charge is 0.341 e. The van der Waals surface area contributed by atoms with Gasteiger partial charge >= 0.3 is 5.76 Å². The fourth-order valence-corrected chi connectivity index (χ4v) is 3.20. The first-order valence-electron chi connectivity index (χ1n) is 5.43. The number of nitrogens with zero attached hydrogens (tertiary/aromatic N) is 1. The molecule has 0 saturated carbocycles. The average molecular weight is 296 g/mol. The molecule has 1 heterocycles. The molecule has 0 radical (unpaired) electrons. The summed E-state index contributed by atoms with van der Waals surface area (Å²) in [4.78, 5) is 1.40. The average Bonchev–Trinajstić information content (AvgIpc) is 2.75. The minimum Gasteiger partial charge on any atom is -0.369 e. The second kappa shape index (κ2) is 5.01. The van der Waals surface area contributed by atoms with Crippen molar-refractivity contribution in [2.45, 2.75) is 22.5 Å². The molecule has 1 saturated heterocycles. The van der Waals surface area contributed by atoms with Crippen molar-refractivity contribution in [3.8, 4) is 0 Å². The summed E-state index contributed by atoms with van der Waals surface area (Å²) in [6, 6.07) is 5.80. The zero-order valence-corrected chi connectivity index (χ0v) is 11.0. The predicted molar refractivity (Wildman–Crippen MR) is 66.1 cm³/mol. The molecule has 1 aliphatic heterocycles. The summed E-state index contributed by atoms with van der Waals surface area (Å²) >= 11 is 5.95. The van der Waals surface area contributed by atoms with Gasteiger partial charge in [-0.2, -0.15) is 8.78 Å². The van der Waals surface area contributed by atoms with Crippen molar-refractivity contribution in [1.29, 1.82) is 0 Å². The lowest BCUT2D eigenvalue weighted by Gasteiger charge is -2.21. The van der Waals surface area contributed by atoms with E-state index in [4.69, 9.17) is 11.6 Å². The first-order chi connectivity index (χ1) is 8.43. The molecule has 7 heteroatoms. The van der Waals surface area contributed by atoms with Crippen molar-refractivity contribution < 1.29 is 17.2 Å². The molecule has 0 amide bonds. The topological polar surface area (TPSA) is 37.4 Å². The quantitative estimate of drug-likeness (QED) is 0.804. The highest BCUT2D eigenvalue weighted by Gasteiger charge is 2.32. The van der Waals surface area contributed by atoms with Gasteiger partial charge in [0, 0.05) is 13.1 Å². The van der Waals surface area contributed by atoms with Gasteiger partial charge in [-0.1, -0.05) is 12.1 Å². The van der Waals surface area contributed by atoms with E-state index in [-0.39, 0.29) is 10.3 Å². The van der Waals surface area contributed by atoms with E-state index < -0.39 is 15.6 Å². The zero-order chi connectivity index (χ0) is 13.3. The van der Waals surface area contributed by atoms with Crippen LogP contribution in [0.3, 0.4) is 0 Å². The standard InChI is InChI=1S/C11H12ClF2NO2S/c12-8-5-6-15(7-8)9-3-1-2-4-10(9)18(16,17)11(13)14/h1-4,8,11H,5-7H2. The molecular weight excluding hydrogens is 284 g/mol. The Kier molecular flexibility index (Phi) is 3.77. The lowest BCUT2D eigenvalue weighted by molar-refractivity contribution is 0.235. The molecule has 1 aromatic carbocycles. The molecule has 1 unspecified atom stereocenters. The number of benzene rings is 1. The van der Waals surface area contributed by atoms with E-state index in [2.05, 4.69) is 0 Å². The number of hydrogen-bond acceptors (Lipinski definition) is 3. The van der Waals surface area contributed by atoms with E-state index >= 15 is 0 Å². The minimum absolute atomic E-state index is 0.0766. The molecule has 0 N–H and O–H groups in total. The Labute approximate surface area is 109 Å². The van der Waals surface area contributed by atoms with Crippen molar-refractivity contribution in [3.05, 3.63) is 24.3 Å². The summed E-state index contributed by atoms with van der Waals surface area (Å²) in [5.74, 6) is -3.41. The first kappa shape index (κ1) is 13.5. The van der Waals surface area contributed by atoms with Crippen molar-refractivity contribution in [1.82, 2.24) is 0 Å². The maximum Gasteiger partial charge on any atom is 0.341 e. The van der Waals surface area contributed by atoms with Crippen LogP contribution in [-0.2, 0) is 9.84 Å². The Morgan fingerprint density at radius 1 is 1.33 bits per heavy atom. The third-order valence-electron chi connectivity index (χ3n) is 2.88. The first-order valence-corrected chi connectivity index (χ1v) is 7.41. The SMILES string of the molecule is O=S(=O)(c1ccccc1N1CCC(Cl)C1)C(F)F. The van der Waals surface area contributed by atoms with Gasteiger partial charge < -0.3 is 4.90 Å². The summed E-state index contributed by atoms with van der Waals surface area (Å²) in [5.41, 5.74) is 0.306. The third-order valence-corrected chi connectivity index (χ3v) is 4.66. The minimum atomic E-state index is -4.58. The molecule has 1 aliphatic rings. The van der Waals surface area contributed by atoms with Gasteiger partial charge in [0.25, 0.3) is 0 Å². The Morgan fingerprint density at radius 2 is 2.00 bits per heavy atom. The third kappa shape index (κ3) is 2.44. The maximum absolute atomic E-state index is 12.6. The van der Waals surface area contributed by atoms with E-state index in [1.165, 1.54) is 18.2 Å². The maximum atomic E-state index is 12.6. The molecule has 0 spiro atoms. The van der Waals surface area contributed by atoms with Crippen LogP contribution in [0.5, 0.6) is 0 Å². The van der Waals surface area contributed by atoms with Crippen LogP contribution in [0.4, 0.5) is 14.5 Å². The molecule has 1 aromatic rings. The predicted octanol–water partition coefficient (Wildman–Crippen LogP) is 2.50. The lowest BCUT2D eigenvalue weighted by Crippen LogP contribution is -2.23. The van der Waals surface area contributed by atoms with Gasteiger partial charge in [-0.25, -0.2) is 8.42 Å². The van der Waals surface area contributed by atoms with E-state index in [0.29, 0.717) is 25.2 Å². The van der Waals surface area contributed by atoms with Crippen molar-refractivity contribution >= 4 is 27.1 Å². The normalized spacial score (nSPS) is 20.7. The van der Waals surface area contributed by atoms with Crippen LogP contribution in [0.1, 0.15) is 6.42 Å². The zero-order valence-electron chi connectivity index (χ0n) is 9.39. The fraction of sp³-hybridized carbons (Fsp3) is 0.455. The van der Waals surface area contributed by atoms with Crippen LogP contribution in [-0.4, -0.2) is 32.6 Å². The van der Waals surface area contributed by atoms with Crippen molar-refractivity contribution in [2.75, 3.05) is 18.0 Å². The summed E-state index contributed by atoms with van der Waals surface area (Å²) in [5, 5.41) is -0.0766. The number of sulfone groups is 1. The highest BCUT2D eigenvalue weighted by molar-refractivity contribution is 7.91. The largest absolute Gasteiger partial charge is 0.369 e. The van der Waals surface area contributed by atoms with Gasteiger partial charge in [0.2, 0.25) is 9.84 Å². The number of alkyl halides is 3. The molecule has 18 heavy (non-hydrogen) atoms. The Hall–Kier alpha value is -0.880. The molecule has 0 aromatic heterocycles. The Bertz CT molecular complexity index is 536. The molecule has 1 atom stereocenters. The molecule has 100 valence electrons. The van der Waals surface area contributed by atoms with Gasteiger partial charge in [-0.3, -0.25) is 0 Å². The molecule has 0 aliphatic carbocycles. The van der Waals surface area contributed by atoms with Gasteiger partial charge in [0.15, 0.2) is 0 Å². The van der Waals surface area contributed by atoms with Crippen LogP contribution in [0.15, 0.2) is 29.2 Å². The van der Waals surface area contributed by atoms with Crippen molar-refractivity contribution in [2.24, 2.45) is 0 Å². The van der Waals surface area contributed by atoms with Crippen LogP contribution in [0.2, 0.25) is 0 Å². The number of hydrogen-bond donors (Lipinski definition) is 0. The van der Waals surface area contributed by atoms with E-state index in [1.807, 2.05) is 0 Å². The second-order valence-corrected chi connectivity index (χ2v) is 6.61. The van der Waals surface area contributed by atoms with Gasteiger partial charge in [-0.05, 0) is 18.6 Å². The number of anilines is 1. The van der Waals surface area contributed by atoms with E-state index in [0.717, 1.165) is 0 Å². The summed E-state index contributed by atoms with van der Waals surface area (Å²) in [6.45, 7) is 1.04. The van der Waals surface area contributed by atoms with E-state index in [9.17, 15) is 17.2 Å². The van der Waals surface area contributed by atoms with E-state index in [1.54, 1.807) is 11.0 Å². The summed E-state index contributed by atoms with van der Waals surface area (Å²) in [6.07, 6.45) is 0.713. The fourth-order valence-electron chi connectivity index (χ4n) is 1.99. The Morgan fingerprint density at radius 3 is 2.56 bits per heavy atom. The summed E-state index contributed by atoms with van der Waals surface area (Å²) in [7, 11) is -4.58. The van der Waals surface area contributed by atoms with Gasteiger partial charge in [0.1, 0.15) is 0 Å². The number of halogens is 3. The number of rotatable bonds is 3. The van der Waals surface area contributed by atoms with Crippen LogP contribution >= 0.6 is 11.6 Å². The molecular formula is C11H12ClF2NO2S. The van der Waals surface area contributed by atoms with Gasteiger partial charge in [-0.15, -0.1) is 11.6 Å². The van der Waals surface area contributed by atoms with Crippen LogP contribution in [0.25, 0.3) is 0 Å². The van der Waals surface area contributed by atoms with Crippen LogP contribution in [0, 0.1) is 0 Å². The number of para-hydroxylation sites is 1. The summed E-state index contributed by atoms with van der Waals surface area (Å²) < 4.78 is 48.4. The lowest BCUT2D eigenvalue weighted by atomic mass is 10.3. The highest BCUT2D eigenvalue weighted by atomic mass is 35.5. The molecule has 0 bridgehead atoms. The molecule has 3 nitrogen and oxygen atoms in total. The second-order valence-electron chi connectivity index (χ2n) is 4.11. The van der Waals surface area contributed by atoms with Gasteiger partial charge in [0.05, 0.1) is 16.0 Å². The monoisotopic (exact) mass is 295 g/mol. The molecule has 1 fully saturated rings. The van der Waals surface area contributed by atoms with Crippen LogP contribution < -0.4 is 4.90 Å². The Balaban J connectivity index is 2.44. The highest BCUT2D eigenvalue weighted by Crippen LogP contribution is 2.31. The van der Waals surface area contributed by atoms with Crippen molar-refractivity contribution in [3.63, 3.8) is 0 Å².